The standard InChI is InChI=1S/C24H22N4O2/c1-2-6-18(7-3-1)14-27-15-26(13-19-10-11-22-23(12-19)30-17-29-22)16-28-21-9-5-4-8-20(21)25-24(27)28/h1-12H,13-17H2. The monoisotopic (exact) mass is 398 g/mol. The lowest BCUT2D eigenvalue weighted by Gasteiger charge is -2.37. The lowest BCUT2D eigenvalue weighted by Crippen LogP contribution is -2.44. The van der Waals surface area contributed by atoms with Gasteiger partial charge in [-0.1, -0.05) is 48.5 Å². The number of ether oxygens (including phenoxy) is 2. The minimum Gasteiger partial charge on any atom is -0.454 e. The van der Waals surface area contributed by atoms with Crippen LogP contribution in [0.4, 0.5) is 5.95 Å². The molecule has 0 atom stereocenters. The van der Waals surface area contributed by atoms with Crippen LogP contribution in [0.25, 0.3) is 11.0 Å². The van der Waals surface area contributed by atoms with Crippen molar-refractivity contribution in [2.45, 2.75) is 19.8 Å². The minimum absolute atomic E-state index is 0.303. The molecule has 0 unspecified atom stereocenters. The van der Waals surface area contributed by atoms with Crippen LogP contribution in [0.3, 0.4) is 0 Å². The third-order valence-corrected chi connectivity index (χ3v) is 5.69. The maximum atomic E-state index is 5.56. The largest absolute Gasteiger partial charge is 0.454 e. The number of nitrogens with zero attached hydrogens (tertiary/aromatic N) is 4. The maximum Gasteiger partial charge on any atom is 0.231 e. The second-order valence-electron chi connectivity index (χ2n) is 7.81. The van der Waals surface area contributed by atoms with Gasteiger partial charge in [0.25, 0.3) is 0 Å². The molecule has 6 nitrogen and oxygen atoms in total. The highest BCUT2D eigenvalue weighted by Gasteiger charge is 2.26. The molecule has 0 bridgehead atoms. The smallest absolute Gasteiger partial charge is 0.231 e. The zero-order valence-electron chi connectivity index (χ0n) is 16.6. The number of para-hydroxylation sites is 2. The normalized spacial score (nSPS) is 15.5. The van der Waals surface area contributed by atoms with Gasteiger partial charge in [0.05, 0.1) is 24.4 Å². The summed E-state index contributed by atoms with van der Waals surface area (Å²) in [4.78, 5) is 9.73. The van der Waals surface area contributed by atoms with Crippen molar-refractivity contribution in [2.75, 3.05) is 18.4 Å². The Balaban J connectivity index is 1.34. The van der Waals surface area contributed by atoms with Gasteiger partial charge < -0.3 is 14.4 Å². The van der Waals surface area contributed by atoms with E-state index in [1.807, 2.05) is 12.1 Å². The van der Waals surface area contributed by atoms with Gasteiger partial charge in [-0.15, -0.1) is 0 Å². The summed E-state index contributed by atoms with van der Waals surface area (Å²) in [7, 11) is 0. The summed E-state index contributed by atoms with van der Waals surface area (Å²) in [5, 5.41) is 0. The average Bonchev–Trinajstić information content (AvgIpc) is 3.39. The fraction of sp³-hybridized carbons (Fsp3) is 0.208. The molecular weight excluding hydrogens is 376 g/mol. The molecule has 30 heavy (non-hydrogen) atoms. The highest BCUT2D eigenvalue weighted by molar-refractivity contribution is 5.79. The Morgan fingerprint density at radius 2 is 1.60 bits per heavy atom. The molecule has 3 heterocycles. The van der Waals surface area contributed by atoms with Crippen molar-refractivity contribution in [3.63, 3.8) is 0 Å². The molecule has 0 saturated heterocycles. The van der Waals surface area contributed by atoms with Crippen molar-refractivity contribution in [1.29, 1.82) is 0 Å². The third kappa shape index (κ3) is 3.06. The lowest BCUT2D eigenvalue weighted by atomic mass is 10.2. The van der Waals surface area contributed by atoms with E-state index in [4.69, 9.17) is 14.5 Å². The first-order valence-corrected chi connectivity index (χ1v) is 10.2. The summed E-state index contributed by atoms with van der Waals surface area (Å²) in [5.74, 6) is 2.69. The van der Waals surface area contributed by atoms with Crippen molar-refractivity contribution in [3.05, 3.63) is 83.9 Å². The van der Waals surface area contributed by atoms with E-state index in [1.54, 1.807) is 0 Å². The topological polar surface area (TPSA) is 42.8 Å². The van der Waals surface area contributed by atoms with Crippen molar-refractivity contribution in [2.24, 2.45) is 0 Å². The summed E-state index contributed by atoms with van der Waals surface area (Å²) in [6.45, 7) is 3.57. The number of imidazole rings is 1. The molecule has 6 heteroatoms. The maximum absolute atomic E-state index is 5.56. The first kappa shape index (κ1) is 17.4. The molecule has 3 aromatic carbocycles. The van der Waals surface area contributed by atoms with Crippen molar-refractivity contribution < 1.29 is 9.47 Å². The van der Waals surface area contributed by atoms with Gasteiger partial charge in [0, 0.05) is 13.1 Å². The summed E-state index contributed by atoms with van der Waals surface area (Å²) in [5.41, 5.74) is 4.70. The number of benzene rings is 3. The molecule has 0 amide bonds. The Morgan fingerprint density at radius 3 is 2.53 bits per heavy atom. The zero-order valence-corrected chi connectivity index (χ0v) is 16.6. The third-order valence-electron chi connectivity index (χ3n) is 5.69. The second-order valence-corrected chi connectivity index (χ2v) is 7.81. The zero-order chi connectivity index (χ0) is 19.9. The van der Waals surface area contributed by atoms with Gasteiger partial charge >= 0.3 is 0 Å². The molecule has 0 N–H and O–H groups in total. The molecule has 0 fully saturated rings. The van der Waals surface area contributed by atoms with Crippen LogP contribution in [0.2, 0.25) is 0 Å². The minimum atomic E-state index is 0.303. The van der Waals surface area contributed by atoms with E-state index in [1.165, 1.54) is 16.6 Å². The number of fused-ring (bicyclic) bond motifs is 4. The van der Waals surface area contributed by atoms with Crippen molar-refractivity contribution in [1.82, 2.24) is 14.5 Å². The molecule has 2 aliphatic rings. The van der Waals surface area contributed by atoms with Crippen LogP contribution in [0.5, 0.6) is 11.5 Å². The predicted molar refractivity (Wildman–Crippen MR) is 115 cm³/mol. The van der Waals surface area contributed by atoms with Gasteiger partial charge in [-0.2, -0.15) is 0 Å². The SMILES string of the molecule is c1ccc(CN2CN(Cc3ccc4c(c3)OCO4)Cn3c2nc2ccccc23)cc1. The summed E-state index contributed by atoms with van der Waals surface area (Å²) in [6, 6.07) is 25.2. The number of hydrogen-bond acceptors (Lipinski definition) is 5. The van der Waals surface area contributed by atoms with E-state index in [2.05, 4.69) is 75.0 Å². The first-order chi connectivity index (χ1) is 14.8. The van der Waals surface area contributed by atoms with Gasteiger partial charge in [-0.3, -0.25) is 9.47 Å². The van der Waals surface area contributed by atoms with Gasteiger partial charge in [-0.25, -0.2) is 4.98 Å². The molecule has 0 spiro atoms. The van der Waals surface area contributed by atoms with Crippen LogP contribution in [0.15, 0.2) is 72.8 Å². The van der Waals surface area contributed by atoms with Gasteiger partial charge in [0.15, 0.2) is 11.5 Å². The Bertz CT molecular complexity index is 1200. The highest BCUT2D eigenvalue weighted by Crippen LogP contribution is 2.34. The van der Waals surface area contributed by atoms with E-state index in [-0.39, 0.29) is 0 Å². The quantitative estimate of drug-likeness (QED) is 0.515. The van der Waals surface area contributed by atoms with Crippen LogP contribution < -0.4 is 14.4 Å². The van der Waals surface area contributed by atoms with E-state index in [0.717, 1.165) is 49.4 Å². The molecule has 0 aliphatic carbocycles. The molecule has 6 rings (SSSR count). The average molecular weight is 398 g/mol. The highest BCUT2D eigenvalue weighted by atomic mass is 16.7. The first-order valence-electron chi connectivity index (χ1n) is 10.2. The molecule has 2 aliphatic heterocycles. The molecule has 150 valence electrons. The fourth-order valence-corrected chi connectivity index (χ4v) is 4.32. The van der Waals surface area contributed by atoms with E-state index in [0.29, 0.717) is 6.79 Å². The number of anilines is 1. The Labute approximate surface area is 174 Å². The lowest BCUT2D eigenvalue weighted by molar-refractivity contribution is 0.173. The van der Waals surface area contributed by atoms with Gasteiger partial charge in [-0.05, 0) is 35.4 Å². The van der Waals surface area contributed by atoms with E-state index >= 15 is 0 Å². The van der Waals surface area contributed by atoms with Gasteiger partial charge in [0.1, 0.15) is 0 Å². The molecule has 1 aromatic heterocycles. The molecule has 0 saturated carbocycles. The Kier molecular flexibility index (Phi) is 4.09. The summed E-state index contributed by atoms with van der Waals surface area (Å²) in [6.07, 6.45) is 0. The number of aromatic nitrogens is 2. The van der Waals surface area contributed by atoms with Crippen LogP contribution in [-0.2, 0) is 19.8 Å². The fourth-order valence-electron chi connectivity index (χ4n) is 4.32. The van der Waals surface area contributed by atoms with Crippen LogP contribution in [0.1, 0.15) is 11.1 Å². The molecule has 0 radical (unpaired) electrons. The van der Waals surface area contributed by atoms with E-state index < -0.39 is 0 Å². The number of rotatable bonds is 4. The predicted octanol–water partition coefficient (Wildman–Crippen LogP) is 4.20. The van der Waals surface area contributed by atoms with Crippen LogP contribution >= 0.6 is 0 Å². The summed E-state index contributed by atoms with van der Waals surface area (Å²) >= 11 is 0. The Hall–Kier alpha value is -3.51. The van der Waals surface area contributed by atoms with Crippen molar-refractivity contribution >= 4 is 17.0 Å². The second kappa shape index (κ2) is 7.07. The van der Waals surface area contributed by atoms with Gasteiger partial charge in [0.2, 0.25) is 12.7 Å². The van der Waals surface area contributed by atoms with Crippen LogP contribution in [0, 0.1) is 0 Å². The van der Waals surface area contributed by atoms with E-state index in [9.17, 15) is 0 Å². The summed E-state index contributed by atoms with van der Waals surface area (Å²) < 4.78 is 13.3. The Morgan fingerprint density at radius 1 is 0.767 bits per heavy atom. The number of hydrogen-bond donors (Lipinski definition) is 0. The molecule has 4 aromatic rings. The molecular formula is C24H22N4O2. The van der Waals surface area contributed by atoms with Crippen molar-refractivity contribution in [3.8, 4) is 11.5 Å². The van der Waals surface area contributed by atoms with Crippen LogP contribution in [-0.4, -0.2) is 27.9 Å².